The van der Waals surface area contributed by atoms with Crippen LogP contribution in [-0.2, 0) is 0 Å². The van der Waals surface area contributed by atoms with Gasteiger partial charge in [-0.05, 0) is 36.4 Å². The Balaban J connectivity index is 0.000000143. The van der Waals surface area contributed by atoms with Crippen molar-refractivity contribution < 1.29 is 18.7 Å². The molecule has 0 spiro atoms. The summed E-state index contributed by atoms with van der Waals surface area (Å²) in [6.45, 7) is 0. The van der Waals surface area contributed by atoms with E-state index in [0.717, 1.165) is 15.9 Å². The molecule has 0 radical (unpaired) electrons. The number of halogens is 3. The largest absolute Gasteiger partial charge is 0.478 e. The summed E-state index contributed by atoms with van der Waals surface area (Å²) in [6.07, 6.45) is 3.29. The third-order valence-corrected chi connectivity index (χ3v) is 3.89. The van der Waals surface area contributed by atoms with Crippen LogP contribution in [-0.4, -0.2) is 21.0 Å². The van der Waals surface area contributed by atoms with Crippen LogP contribution in [0.5, 0.6) is 0 Å². The van der Waals surface area contributed by atoms with E-state index in [1.165, 1.54) is 12.1 Å². The number of H-pyrrole nitrogens is 2. The molecular formula is C17H11BrF2N2O2. The zero-order chi connectivity index (χ0) is 17.3. The van der Waals surface area contributed by atoms with Gasteiger partial charge in [-0.1, -0.05) is 15.9 Å². The van der Waals surface area contributed by atoms with E-state index in [1.54, 1.807) is 18.5 Å². The third kappa shape index (κ3) is 3.16. The Morgan fingerprint density at radius 1 is 0.917 bits per heavy atom. The first-order valence-corrected chi connectivity index (χ1v) is 7.67. The molecule has 0 aliphatic rings. The SMILES string of the molecule is Fc1cc(Br)cc2cc[nH]c12.O=C(O)c1cc(F)c2[nH]ccc2c1. The molecule has 0 amide bonds. The lowest BCUT2D eigenvalue weighted by Gasteiger charge is -1.96. The highest BCUT2D eigenvalue weighted by atomic mass is 79.9. The average molecular weight is 393 g/mol. The maximum Gasteiger partial charge on any atom is 0.335 e. The predicted molar refractivity (Wildman–Crippen MR) is 91.2 cm³/mol. The van der Waals surface area contributed by atoms with Crippen molar-refractivity contribution in [2.75, 3.05) is 0 Å². The molecule has 0 saturated carbocycles. The molecule has 4 nitrogen and oxygen atoms in total. The van der Waals surface area contributed by atoms with Crippen LogP contribution in [0.2, 0.25) is 0 Å². The van der Waals surface area contributed by atoms with E-state index >= 15 is 0 Å². The number of aromatic carboxylic acids is 1. The van der Waals surface area contributed by atoms with Gasteiger partial charge in [0.05, 0.1) is 16.6 Å². The Kier molecular flexibility index (Phi) is 4.35. The maximum absolute atomic E-state index is 13.1. The quantitative estimate of drug-likeness (QED) is 0.423. The van der Waals surface area contributed by atoms with E-state index in [9.17, 15) is 13.6 Å². The minimum absolute atomic E-state index is 0.0374. The van der Waals surface area contributed by atoms with Crippen LogP contribution < -0.4 is 0 Å². The van der Waals surface area contributed by atoms with E-state index in [0.29, 0.717) is 16.4 Å². The lowest BCUT2D eigenvalue weighted by Crippen LogP contribution is -1.96. The van der Waals surface area contributed by atoms with Gasteiger partial charge in [0.1, 0.15) is 11.6 Å². The van der Waals surface area contributed by atoms with Crippen molar-refractivity contribution in [3.05, 3.63) is 70.5 Å². The van der Waals surface area contributed by atoms with E-state index in [1.807, 2.05) is 12.1 Å². The highest BCUT2D eigenvalue weighted by Crippen LogP contribution is 2.21. The van der Waals surface area contributed by atoms with Crippen molar-refractivity contribution in [2.24, 2.45) is 0 Å². The fraction of sp³-hybridized carbons (Fsp3) is 0. The van der Waals surface area contributed by atoms with Crippen LogP contribution in [0.25, 0.3) is 21.8 Å². The van der Waals surface area contributed by atoms with Gasteiger partial charge in [0, 0.05) is 27.6 Å². The molecule has 4 aromatic rings. The molecule has 2 aromatic heterocycles. The monoisotopic (exact) mass is 392 g/mol. The molecule has 0 aliphatic heterocycles. The van der Waals surface area contributed by atoms with E-state index in [2.05, 4.69) is 25.9 Å². The minimum atomic E-state index is -1.12. The van der Waals surface area contributed by atoms with Crippen molar-refractivity contribution in [2.45, 2.75) is 0 Å². The lowest BCUT2D eigenvalue weighted by molar-refractivity contribution is 0.0696. The van der Waals surface area contributed by atoms with Gasteiger partial charge < -0.3 is 15.1 Å². The second-order valence-corrected chi connectivity index (χ2v) is 5.95. The number of aromatic amines is 2. The summed E-state index contributed by atoms with van der Waals surface area (Å²) in [4.78, 5) is 16.0. The summed E-state index contributed by atoms with van der Waals surface area (Å²) >= 11 is 3.21. The van der Waals surface area contributed by atoms with Gasteiger partial charge in [-0.25, -0.2) is 13.6 Å². The van der Waals surface area contributed by atoms with Crippen molar-refractivity contribution >= 4 is 43.7 Å². The molecule has 0 saturated heterocycles. The molecule has 0 bridgehead atoms. The average Bonchev–Trinajstić information content (AvgIpc) is 3.16. The Morgan fingerprint density at radius 2 is 1.46 bits per heavy atom. The molecule has 0 atom stereocenters. The molecule has 3 N–H and O–H groups in total. The van der Waals surface area contributed by atoms with Gasteiger partial charge in [-0.2, -0.15) is 0 Å². The number of rotatable bonds is 1. The van der Waals surface area contributed by atoms with Crippen LogP contribution in [0, 0.1) is 11.6 Å². The molecular weight excluding hydrogens is 382 g/mol. The molecule has 4 rings (SSSR count). The zero-order valence-corrected chi connectivity index (χ0v) is 13.7. The van der Waals surface area contributed by atoms with Crippen molar-refractivity contribution in [3.63, 3.8) is 0 Å². The second-order valence-electron chi connectivity index (χ2n) is 5.03. The Bertz CT molecular complexity index is 1040. The van der Waals surface area contributed by atoms with Crippen molar-refractivity contribution in [3.8, 4) is 0 Å². The molecule has 0 aliphatic carbocycles. The number of fused-ring (bicyclic) bond motifs is 2. The van der Waals surface area contributed by atoms with Gasteiger partial charge in [0.15, 0.2) is 0 Å². The summed E-state index contributed by atoms with van der Waals surface area (Å²) < 4.78 is 26.9. The molecule has 0 fully saturated rings. The van der Waals surface area contributed by atoms with Crippen LogP contribution in [0.4, 0.5) is 8.78 Å². The topological polar surface area (TPSA) is 68.9 Å². The Morgan fingerprint density at radius 3 is 2.04 bits per heavy atom. The standard InChI is InChI=1S/C9H6FNO2.C8H5BrFN/c10-7-4-6(9(12)13)3-5-1-2-11-8(5)7;9-6-3-5-1-2-11-8(5)7(10)4-6/h1-4,11H,(H,12,13);1-4,11H. The van der Waals surface area contributed by atoms with Crippen molar-refractivity contribution in [1.29, 1.82) is 0 Å². The maximum atomic E-state index is 13.1. The van der Waals surface area contributed by atoms with E-state index in [-0.39, 0.29) is 11.4 Å². The molecule has 7 heteroatoms. The van der Waals surface area contributed by atoms with E-state index < -0.39 is 11.8 Å². The lowest BCUT2D eigenvalue weighted by atomic mass is 10.1. The van der Waals surface area contributed by atoms with Gasteiger partial charge >= 0.3 is 5.97 Å². The first-order chi connectivity index (χ1) is 11.5. The number of benzene rings is 2. The highest BCUT2D eigenvalue weighted by molar-refractivity contribution is 9.10. The van der Waals surface area contributed by atoms with Gasteiger partial charge in [-0.15, -0.1) is 0 Å². The zero-order valence-electron chi connectivity index (χ0n) is 12.1. The summed E-state index contributed by atoms with van der Waals surface area (Å²) in [5.41, 5.74) is 0.864. The summed E-state index contributed by atoms with van der Waals surface area (Å²) in [5.74, 6) is -1.89. The fourth-order valence-electron chi connectivity index (χ4n) is 2.34. The van der Waals surface area contributed by atoms with Crippen LogP contribution >= 0.6 is 15.9 Å². The summed E-state index contributed by atoms with van der Waals surface area (Å²) in [5, 5.41) is 10.1. The molecule has 2 aromatic carbocycles. The smallest absolute Gasteiger partial charge is 0.335 e. The predicted octanol–water partition coefficient (Wildman–Crippen LogP) is 5.07. The number of hydrogen-bond acceptors (Lipinski definition) is 1. The van der Waals surface area contributed by atoms with E-state index in [4.69, 9.17) is 5.11 Å². The first-order valence-electron chi connectivity index (χ1n) is 6.88. The second kappa shape index (κ2) is 6.45. The van der Waals surface area contributed by atoms with Gasteiger partial charge in [0.2, 0.25) is 0 Å². The van der Waals surface area contributed by atoms with Crippen LogP contribution in [0.3, 0.4) is 0 Å². The third-order valence-electron chi connectivity index (χ3n) is 3.43. The molecule has 24 heavy (non-hydrogen) atoms. The fourth-order valence-corrected chi connectivity index (χ4v) is 2.79. The number of carboxylic acids is 1. The molecule has 2 heterocycles. The number of aromatic nitrogens is 2. The number of carboxylic acid groups (broad SMARTS) is 1. The number of carbonyl (C=O) groups is 1. The molecule has 0 unspecified atom stereocenters. The number of nitrogens with one attached hydrogen (secondary N) is 2. The van der Waals surface area contributed by atoms with Gasteiger partial charge in [0.25, 0.3) is 0 Å². The summed E-state index contributed by atoms with van der Waals surface area (Å²) in [7, 11) is 0. The van der Waals surface area contributed by atoms with Gasteiger partial charge in [-0.3, -0.25) is 0 Å². The summed E-state index contributed by atoms with van der Waals surface area (Å²) in [6, 6.07) is 9.21. The molecule has 122 valence electrons. The highest BCUT2D eigenvalue weighted by Gasteiger charge is 2.08. The number of hydrogen-bond donors (Lipinski definition) is 3. The Labute approximate surface area is 143 Å². The minimum Gasteiger partial charge on any atom is -0.478 e. The first kappa shape index (κ1) is 16.2. The van der Waals surface area contributed by atoms with Crippen LogP contribution in [0.1, 0.15) is 10.4 Å². The Hall–Kier alpha value is -2.67. The van der Waals surface area contributed by atoms with Crippen LogP contribution in [0.15, 0.2) is 53.3 Å². The normalized spacial score (nSPS) is 10.6. The van der Waals surface area contributed by atoms with Crippen molar-refractivity contribution in [1.82, 2.24) is 9.97 Å².